The van der Waals surface area contributed by atoms with Crippen LogP contribution in [0.3, 0.4) is 0 Å². The van der Waals surface area contributed by atoms with Gasteiger partial charge in [-0.2, -0.15) is 0 Å². The van der Waals surface area contributed by atoms with Crippen LogP contribution in [-0.2, 0) is 16.0 Å². The number of aliphatic hydroxyl groups excluding tert-OH is 1. The SMILES string of the molecule is COCC[C@@H](O)/C=C/[C@H]1CCC(=O)N1CCc1ccc(C(=O)O)cc1. The smallest absolute Gasteiger partial charge is 0.335 e. The normalized spacial score (nSPS) is 18.9. The van der Waals surface area contributed by atoms with Crippen molar-refractivity contribution >= 4 is 11.9 Å². The number of nitrogens with zero attached hydrogens (tertiary/aromatic N) is 1. The van der Waals surface area contributed by atoms with Crippen LogP contribution in [0.1, 0.15) is 35.2 Å². The molecule has 0 spiro atoms. The van der Waals surface area contributed by atoms with E-state index in [1.165, 1.54) is 0 Å². The number of aromatic carboxylic acids is 1. The van der Waals surface area contributed by atoms with Crippen molar-refractivity contribution in [1.82, 2.24) is 4.90 Å². The van der Waals surface area contributed by atoms with Gasteiger partial charge in [0.15, 0.2) is 0 Å². The zero-order chi connectivity index (χ0) is 18.2. The third-order valence-corrected chi connectivity index (χ3v) is 4.39. The third kappa shape index (κ3) is 5.69. The van der Waals surface area contributed by atoms with Crippen LogP contribution in [0, 0.1) is 0 Å². The molecule has 1 saturated heterocycles. The molecule has 1 fully saturated rings. The molecule has 0 aromatic heterocycles. The number of carboxylic acids is 1. The highest BCUT2D eigenvalue weighted by atomic mass is 16.5. The Morgan fingerprint density at radius 1 is 1.40 bits per heavy atom. The molecule has 1 amide bonds. The van der Waals surface area contributed by atoms with Crippen molar-refractivity contribution in [3.63, 3.8) is 0 Å². The van der Waals surface area contributed by atoms with Crippen molar-refractivity contribution in [2.24, 2.45) is 0 Å². The highest BCUT2D eigenvalue weighted by molar-refractivity contribution is 5.87. The maximum atomic E-state index is 12.1. The zero-order valence-corrected chi connectivity index (χ0v) is 14.4. The summed E-state index contributed by atoms with van der Waals surface area (Å²) in [5, 5.41) is 18.8. The monoisotopic (exact) mass is 347 g/mol. The largest absolute Gasteiger partial charge is 0.478 e. The van der Waals surface area contributed by atoms with Crippen molar-refractivity contribution < 1.29 is 24.5 Å². The number of rotatable bonds is 9. The summed E-state index contributed by atoms with van der Waals surface area (Å²) in [6.45, 7) is 1.07. The lowest BCUT2D eigenvalue weighted by atomic mass is 10.1. The first-order valence-electron chi connectivity index (χ1n) is 8.48. The highest BCUT2D eigenvalue weighted by Gasteiger charge is 2.28. The number of aliphatic hydroxyl groups is 1. The van der Waals surface area contributed by atoms with E-state index in [9.17, 15) is 14.7 Å². The topological polar surface area (TPSA) is 87.1 Å². The minimum atomic E-state index is -0.946. The van der Waals surface area contributed by atoms with Gasteiger partial charge >= 0.3 is 5.97 Å². The lowest BCUT2D eigenvalue weighted by molar-refractivity contribution is -0.128. The van der Waals surface area contributed by atoms with E-state index < -0.39 is 12.1 Å². The molecule has 1 aliphatic rings. The van der Waals surface area contributed by atoms with Crippen LogP contribution in [0.15, 0.2) is 36.4 Å². The molecular weight excluding hydrogens is 322 g/mol. The highest BCUT2D eigenvalue weighted by Crippen LogP contribution is 2.21. The summed E-state index contributed by atoms with van der Waals surface area (Å²) in [7, 11) is 1.59. The van der Waals surface area contributed by atoms with Gasteiger partial charge in [0.25, 0.3) is 0 Å². The molecule has 0 aliphatic carbocycles. The Morgan fingerprint density at radius 2 is 2.12 bits per heavy atom. The summed E-state index contributed by atoms with van der Waals surface area (Å²) in [6, 6.07) is 6.72. The molecule has 1 aromatic carbocycles. The lowest BCUT2D eigenvalue weighted by Gasteiger charge is -2.22. The van der Waals surface area contributed by atoms with Gasteiger partial charge < -0.3 is 19.8 Å². The van der Waals surface area contributed by atoms with Gasteiger partial charge in [0.05, 0.1) is 17.7 Å². The van der Waals surface area contributed by atoms with Crippen LogP contribution >= 0.6 is 0 Å². The van der Waals surface area contributed by atoms with Crippen LogP contribution < -0.4 is 0 Å². The van der Waals surface area contributed by atoms with E-state index >= 15 is 0 Å². The number of benzene rings is 1. The molecular formula is C19H25NO5. The second-order valence-corrected chi connectivity index (χ2v) is 6.18. The number of carboxylic acid groups (broad SMARTS) is 1. The number of likely N-dealkylation sites (tertiary alicyclic amines) is 1. The minimum absolute atomic E-state index is 0.00277. The molecule has 2 rings (SSSR count). The Kier molecular flexibility index (Phi) is 7.16. The van der Waals surface area contributed by atoms with Crippen LogP contribution in [0.5, 0.6) is 0 Å². The number of hydrogen-bond acceptors (Lipinski definition) is 4. The lowest BCUT2D eigenvalue weighted by Crippen LogP contribution is -2.33. The van der Waals surface area contributed by atoms with E-state index in [1.54, 1.807) is 37.5 Å². The van der Waals surface area contributed by atoms with Crippen LogP contribution in [0.4, 0.5) is 0 Å². The van der Waals surface area contributed by atoms with Gasteiger partial charge in [0.1, 0.15) is 0 Å². The molecule has 0 radical (unpaired) electrons. The van der Waals surface area contributed by atoms with E-state index in [0.717, 1.165) is 12.0 Å². The van der Waals surface area contributed by atoms with Gasteiger partial charge in [-0.3, -0.25) is 4.79 Å². The Labute approximate surface area is 147 Å². The second-order valence-electron chi connectivity index (χ2n) is 6.18. The van der Waals surface area contributed by atoms with Crippen molar-refractivity contribution in [3.05, 3.63) is 47.5 Å². The number of carbonyl (C=O) groups is 2. The minimum Gasteiger partial charge on any atom is -0.478 e. The van der Waals surface area contributed by atoms with Gasteiger partial charge in [-0.05, 0) is 30.5 Å². The van der Waals surface area contributed by atoms with Gasteiger partial charge in [-0.15, -0.1) is 0 Å². The fourth-order valence-corrected chi connectivity index (χ4v) is 2.90. The maximum absolute atomic E-state index is 12.1. The summed E-state index contributed by atoms with van der Waals surface area (Å²) >= 11 is 0. The second kappa shape index (κ2) is 9.34. The Bertz CT molecular complexity index is 611. The molecule has 25 heavy (non-hydrogen) atoms. The van der Waals surface area contributed by atoms with E-state index in [-0.39, 0.29) is 17.5 Å². The average molecular weight is 347 g/mol. The van der Waals surface area contributed by atoms with E-state index in [1.807, 2.05) is 11.0 Å². The number of methoxy groups -OCH3 is 1. The molecule has 1 aliphatic heterocycles. The molecule has 0 saturated carbocycles. The van der Waals surface area contributed by atoms with Crippen molar-refractivity contribution in [2.75, 3.05) is 20.3 Å². The third-order valence-electron chi connectivity index (χ3n) is 4.39. The predicted octanol–water partition coefficient (Wildman–Crippen LogP) is 1.87. The molecule has 6 heteroatoms. The summed E-state index contributed by atoms with van der Waals surface area (Å²) in [5.41, 5.74) is 1.25. The molecule has 2 N–H and O–H groups in total. The molecule has 0 bridgehead atoms. The van der Waals surface area contributed by atoms with Crippen LogP contribution in [-0.4, -0.2) is 59.4 Å². The van der Waals surface area contributed by atoms with E-state index in [2.05, 4.69) is 0 Å². The van der Waals surface area contributed by atoms with E-state index in [4.69, 9.17) is 9.84 Å². The summed E-state index contributed by atoms with van der Waals surface area (Å²) in [5.74, 6) is -0.832. The molecule has 1 heterocycles. The Morgan fingerprint density at radius 3 is 2.76 bits per heavy atom. The van der Waals surface area contributed by atoms with Gasteiger partial charge in [-0.1, -0.05) is 24.3 Å². The standard InChI is InChI=1S/C19H25NO5/c1-25-13-11-17(21)8-6-16-7-9-18(22)20(16)12-10-14-2-4-15(5-3-14)19(23)24/h2-6,8,16-17,21H,7,9-13H2,1H3,(H,23,24)/b8-6+/t16-,17-/m0/s1. The molecule has 6 nitrogen and oxygen atoms in total. The molecule has 1 aromatic rings. The van der Waals surface area contributed by atoms with Gasteiger partial charge in [0, 0.05) is 33.1 Å². The quantitative estimate of drug-likeness (QED) is 0.666. The number of carbonyl (C=O) groups excluding carboxylic acids is 1. The molecule has 2 atom stereocenters. The first-order valence-corrected chi connectivity index (χ1v) is 8.48. The first-order chi connectivity index (χ1) is 12.0. The number of hydrogen-bond donors (Lipinski definition) is 2. The van der Waals surface area contributed by atoms with Gasteiger partial charge in [0.2, 0.25) is 5.91 Å². The van der Waals surface area contributed by atoms with Crippen molar-refractivity contribution in [2.45, 2.75) is 37.8 Å². The van der Waals surface area contributed by atoms with Crippen molar-refractivity contribution in [1.29, 1.82) is 0 Å². The predicted molar refractivity (Wildman–Crippen MR) is 93.5 cm³/mol. The van der Waals surface area contributed by atoms with Crippen LogP contribution in [0.2, 0.25) is 0 Å². The summed E-state index contributed by atoms with van der Waals surface area (Å²) < 4.78 is 4.94. The number of amides is 1. The van der Waals surface area contributed by atoms with Gasteiger partial charge in [-0.25, -0.2) is 4.79 Å². The van der Waals surface area contributed by atoms with Crippen LogP contribution in [0.25, 0.3) is 0 Å². The Hall–Kier alpha value is -2.18. The zero-order valence-electron chi connectivity index (χ0n) is 14.4. The summed E-state index contributed by atoms with van der Waals surface area (Å²) in [6.07, 6.45) is 5.54. The average Bonchev–Trinajstić information content (AvgIpc) is 2.96. The summed E-state index contributed by atoms with van der Waals surface area (Å²) in [4.78, 5) is 24.8. The molecule has 136 valence electrons. The molecule has 0 unspecified atom stereocenters. The van der Waals surface area contributed by atoms with Crippen molar-refractivity contribution in [3.8, 4) is 0 Å². The first kappa shape index (κ1) is 19.1. The van der Waals surface area contributed by atoms with E-state index in [0.29, 0.717) is 32.4 Å². The number of ether oxygens (including phenoxy) is 1. The Balaban J connectivity index is 1.90. The fourth-order valence-electron chi connectivity index (χ4n) is 2.90. The fraction of sp³-hybridized carbons (Fsp3) is 0.474. The maximum Gasteiger partial charge on any atom is 0.335 e.